The molecule has 2 heterocycles. The maximum absolute atomic E-state index is 11.2. The van der Waals surface area contributed by atoms with E-state index in [0.717, 1.165) is 24.4 Å². The lowest BCUT2D eigenvalue weighted by molar-refractivity contribution is 0.465. The summed E-state index contributed by atoms with van der Waals surface area (Å²) < 4.78 is 22.5. The molecule has 0 saturated carbocycles. The van der Waals surface area contributed by atoms with Crippen LogP contribution in [0.5, 0.6) is 0 Å². The van der Waals surface area contributed by atoms with Gasteiger partial charge >= 0.3 is 0 Å². The number of sulfone groups is 1. The van der Waals surface area contributed by atoms with E-state index in [1.165, 1.54) is 4.88 Å². The quantitative estimate of drug-likeness (QED) is 0.921. The Labute approximate surface area is 105 Å². The summed E-state index contributed by atoms with van der Waals surface area (Å²) in [4.78, 5) is 1.19. The van der Waals surface area contributed by atoms with Gasteiger partial charge in [0.15, 0.2) is 0 Å². The van der Waals surface area contributed by atoms with Gasteiger partial charge in [-0.3, -0.25) is 0 Å². The van der Waals surface area contributed by atoms with Crippen LogP contribution in [-0.4, -0.2) is 26.0 Å². The number of hydrogen-bond acceptors (Lipinski definition) is 4. The van der Waals surface area contributed by atoms with Crippen LogP contribution in [0.4, 0.5) is 0 Å². The maximum Gasteiger partial charge on any atom is 0.150 e. The zero-order valence-corrected chi connectivity index (χ0v) is 11.2. The van der Waals surface area contributed by atoms with Crippen molar-refractivity contribution < 1.29 is 8.42 Å². The highest BCUT2D eigenvalue weighted by Gasteiger charge is 2.22. The first-order valence-electron chi connectivity index (χ1n) is 5.22. The van der Waals surface area contributed by atoms with Crippen LogP contribution in [-0.2, 0) is 16.4 Å². The zero-order chi connectivity index (χ0) is 11.6. The van der Waals surface area contributed by atoms with Crippen LogP contribution >= 0.6 is 22.9 Å². The van der Waals surface area contributed by atoms with E-state index in [2.05, 4.69) is 5.32 Å². The highest BCUT2D eigenvalue weighted by atomic mass is 35.5. The number of thiophene rings is 1. The second kappa shape index (κ2) is 5.04. The molecule has 0 bridgehead atoms. The molecule has 1 aromatic rings. The molecule has 3 nitrogen and oxygen atoms in total. The Kier molecular flexibility index (Phi) is 3.89. The van der Waals surface area contributed by atoms with Crippen molar-refractivity contribution in [3.8, 4) is 0 Å². The molecular weight excluding hydrogens is 266 g/mol. The van der Waals surface area contributed by atoms with Crippen molar-refractivity contribution in [1.82, 2.24) is 5.32 Å². The Balaban J connectivity index is 1.80. The van der Waals surface area contributed by atoms with Crippen LogP contribution < -0.4 is 5.32 Å². The Morgan fingerprint density at radius 2 is 2.12 bits per heavy atom. The predicted octanol–water partition coefficient (Wildman–Crippen LogP) is 2.07. The number of nitrogens with one attached hydrogen (secondary N) is 1. The Bertz CT molecular complexity index is 441. The van der Waals surface area contributed by atoms with E-state index in [-0.39, 0.29) is 0 Å². The normalized spacial score (nSPS) is 21.1. The molecule has 90 valence electrons. The minimum absolute atomic E-state index is 0.315. The zero-order valence-electron chi connectivity index (χ0n) is 8.78. The van der Waals surface area contributed by atoms with Crippen molar-refractivity contribution in [2.45, 2.75) is 25.4 Å². The molecule has 1 saturated heterocycles. The van der Waals surface area contributed by atoms with Gasteiger partial charge in [0.05, 0.1) is 16.5 Å². The monoisotopic (exact) mass is 279 g/mol. The Hall–Kier alpha value is -0.100. The topological polar surface area (TPSA) is 46.2 Å². The average molecular weight is 280 g/mol. The smallest absolute Gasteiger partial charge is 0.150 e. The first-order valence-corrected chi connectivity index (χ1v) is 8.30. The molecule has 1 N–H and O–H groups in total. The van der Waals surface area contributed by atoms with Crippen molar-refractivity contribution in [2.24, 2.45) is 0 Å². The molecule has 0 radical (unpaired) electrons. The van der Waals surface area contributed by atoms with Crippen molar-refractivity contribution in [2.75, 3.05) is 11.5 Å². The van der Waals surface area contributed by atoms with Gasteiger partial charge in [-0.05, 0) is 18.9 Å². The first kappa shape index (κ1) is 12.4. The van der Waals surface area contributed by atoms with Gasteiger partial charge in [0, 0.05) is 22.8 Å². The van der Waals surface area contributed by atoms with Gasteiger partial charge in [-0.15, -0.1) is 11.3 Å². The van der Waals surface area contributed by atoms with Crippen LogP contribution in [0.1, 0.15) is 17.7 Å². The van der Waals surface area contributed by atoms with Gasteiger partial charge in [0.1, 0.15) is 9.84 Å². The van der Waals surface area contributed by atoms with E-state index in [0.29, 0.717) is 17.5 Å². The molecule has 0 unspecified atom stereocenters. The summed E-state index contributed by atoms with van der Waals surface area (Å²) in [7, 11) is -2.75. The van der Waals surface area contributed by atoms with Crippen LogP contribution in [0.15, 0.2) is 11.4 Å². The second-order valence-corrected chi connectivity index (χ2v) is 7.77. The fourth-order valence-electron chi connectivity index (χ4n) is 1.79. The minimum Gasteiger partial charge on any atom is -0.309 e. The maximum atomic E-state index is 11.2. The number of rotatable bonds is 3. The molecule has 0 spiro atoms. The summed E-state index contributed by atoms with van der Waals surface area (Å²) in [6.45, 7) is 0.780. The molecule has 1 aromatic heterocycles. The first-order chi connectivity index (χ1) is 7.55. The lowest BCUT2D eigenvalue weighted by atomic mass is 10.1. The Morgan fingerprint density at radius 1 is 1.44 bits per heavy atom. The van der Waals surface area contributed by atoms with Crippen molar-refractivity contribution >= 4 is 32.8 Å². The molecule has 1 aliphatic heterocycles. The van der Waals surface area contributed by atoms with Crippen LogP contribution in [0, 0.1) is 0 Å². The third kappa shape index (κ3) is 3.45. The fourth-order valence-corrected chi connectivity index (χ4v) is 4.30. The number of halogens is 1. The summed E-state index contributed by atoms with van der Waals surface area (Å²) in [5, 5.41) is 6.05. The van der Waals surface area contributed by atoms with Gasteiger partial charge in [0.2, 0.25) is 0 Å². The average Bonchev–Trinajstić information content (AvgIpc) is 2.63. The standard InChI is InChI=1S/C10H14ClNO2S2/c11-8-5-10(15-7-8)6-12-9-1-3-16(13,14)4-2-9/h5,7,9,12H,1-4,6H2. The summed E-state index contributed by atoms with van der Waals surface area (Å²) in [5.41, 5.74) is 0. The predicted molar refractivity (Wildman–Crippen MR) is 67.8 cm³/mol. The van der Waals surface area contributed by atoms with Gasteiger partial charge in [-0.2, -0.15) is 0 Å². The van der Waals surface area contributed by atoms with Crippen LogP contribution in [0.3, 0.4) is 0 Å². The largest absolute Gasteiger partial charge is 0.309 e. The summed E-state index contributed by atoms with van der Waals surface area (Å²) in [5.74, 6) is 0.631. The van der Waals surface area contributed by atoms with Crippen LogP contribution in [0.2, 0.25) is 5.02 Å². The Morgan fingerprint density at radius 3 is 2.69 bits per heavy atom. The molecule has 6 heteroatoms. The number of hydrogen-bond donors (Lipinski definition) is 1. The van der Waals surface area contributed by atoms with E-state index in [4.69, 9.17) is 11.6 Å². The molecule has 1 aliphatic rings. The van der Waals surface area contributed by atoms with Crippen molar-refractivity contribution in [1.29, 1.82) is 0 Å². The summed E-state index contributed by atoms with van der Waals surface area (Å²) >= 11 is 7.45. The lowest BCUT2D eigenvalue weighted by Gasteiger charge is -2.22. The van der Waals surface area contributed by atoms with E-state index in [1.807, 2.05) is 11.4 Å². The van der Waals surface area contributed by atoms with E-state index < -0.39 is 9.84 Å². The molecule has 16 heavy (non-hydrogen) atoms. The summed E-state index contributed by atoms with van der Waals surface area (Å²) in [6, 6.07) is 2.27. The van der Waals surface area contributed by atoms with Gasteiger partial charge in [-0.1, -0.05) is 11.6 Å². The van der Waals surface area contributed by atoms with E-state index >= 15 is 0 Å². The molecule has 0 aromatic carbocycles. The van der Waals surface area contributed by atoms with Crippen molar-refractivity contribution in [3.05, 3.63) is 21.3 Å². The molecular formula is C10H14ClNO2S2. The molecule has 0 atom stereocenters. The second-order valence-electron chi connectivity index (χ2n) is 4.04. The highest BCUT2D eigenvalue weighted by molar-refractivity contribution is 7.91. The molecule has 0 amide bonds. The van der Waals surface area contributed by atoms with Gasteiger partial charge < -0.3 is 5.32 Å². The van der Waals surface area contributed by atoms with Gasteiger partial charge in [-0.25, -0.2) is 8.42 Å². The van der Waals surface area contributed by atoms with Gasteiger partial charge in [0.25, 0.3) is 0 Å². The van der Waals surface area contributed by atoms with E-state index in [9.17, 15) is 8.42 Å². The summed E-state index contributed by atoms with van der Waals surface area (Å²) in [6.07, 6.45) is 1.45. The molecule has 0 aliphatic carbocycles. The van der Waals surface area contributed by atoms with E-state index in [1.54, 1.807) is 11.3 Å². The third-order valence-electron chi connectivity index (χ3n) is 2.74. The van der Waals surface area contributed by atoms with Crippen LogP contribution in [0.25, 0.3) is 0 Å². The lowest BCUT2D eigenvalue weighted by Crippen LogP contribution is -2.36. The third-order valence-corrected chi connectivity index (χ3v) is 5.74. The fraction of sp³-hybridized carbons (Fsp3) is 0.600. The molecule has 1 fully saturated rings. The SMILES string of the molecule is O=S1(=O)CCC(NCc2cc(Cl)cs2)CC1. The molecule has 2 rings (SSSR count). The van der Waals surface area contributed by atoms with Crippen molar-refractivity contribution in [3.63, 3.8) is 0 Å². The highest BCUT2D eigenvalue weighted by Crippen LogP contribution is 2.19. The minimum atomic E-state index is -2.75.